The Morgan fingerprint density at radius 3 is 2.88 bits per heavy atom. The van der Waals surface area contributed by atoms with Gasteiger partial charge in [0.2, 0.25) is 0 Å². The fourth-order valence-electron chi connectivity index (χ4n) is 2.17. The number of rotatable bonds is 3. The number of nitrogens with two attached hydrogens (primary N) is 1. The number of aryl methyl sites for hydroxylation is 1. The first-order valence-electron chi connectivity index (χ1n) is 6.36. The van der Waals surface area contributed by atoms with E-state index in [1.807, 2.05) is 13.0 Å². The maximum absolute atomic E-state index is 6.04. The van der Waals surface area contributed by atoms with Crippen molar-refractivity contribution in [3.63, 3.8) is 0 Å². The molecular weight excluding hydrogens is 210 g/mol. The second-order valence-corrected chi connectivity index (χ2v) is 4.85. The lowest BCUT2D eigenvalue weighted by molar-refractivity contribution is 0.227. The van der Waals surface area contributed by atoms with Crippen LogP contribution in [0.5, 0.6) is 5.75 Å². The second-order valence-electron chi connectivity index (χ2n) is 4.85. The molecule has 92 valence electrons. The fourth-order valence-corrected chi connectivity index (χ4v) is 2.17. The summed E-state index contributed by atoms with van der Waals surface area (Å²) in [4.78, 5) is 0. The van der Waals surface area contributed by atoms with Gasteiger partial charge in [-0.3, -0.25) is 0 Å². The smallest absolute Gasteiger partial charge is 0.124 e. The predicted octanol–water partition coefficient (Wildman–Crippen LogP) is 3.50. The van der Waals surface area contributed by atoms with E-state index >= 15 is 0 Å². The average molecular weight is 231 g/mol. The largest absolute Gasteiger partial charge is 0.486 e. The molecule has 2 heteroatoms. The summed E-state index contributed by atoms with van der Waals surface area (Å²) in [5.41, 5.74) is 8.32. The predicted molar refractivity (Wildman–Crippen MR) is 71.2 cm³/mol. The summed E-state index contributed by atoms with van der Waals surface area (Å²) >= 11 is 0. The molecule has 2 nitrogen and oxygen atoms in total. The number of benzene rings is 1. The van der Waals surface area contributed by atoms with E-state index in [0.717, 1.165) is 17.7 Å². The molecule has 0 radical (unpaired) electrons. The lowest BCUT2D eigenvalue weighted by Gasteiger charge is -2.22. The molecule has 1 unspecified atom stereocenters. The molecule has 1 aliphatic rings. The van der Waals surface area contributed by atoms with Crippen LogP contribution < -0.4 is 10.5 Å². The van der Waals surface area contributed by atoms with Crippen LogP contribution in [0.4, 0.5) is 0 Å². The van der Waals surface area contributed by atoms with E-state index < -0.39 is 0 Å². The third-order valence-corrected chi connectivity index (χ3v) is 3.14. The van der Waals surface area contributed by atoms with Gasteiger partial charge >= 0.3 is 0 Å². The highest BCUT2D eigenvalue weighted by molar-refractivity contribution is 5.39. The molecule has 0 fully saturated rings. The molecule has 17 heavy (non-hydrogen) atoms. The van der Waals surface area contributed by atoms with Crippen LogP contribution >= 0.6 is 0 Å². The van der Waals surface area contributed by atoms with Gasteiger partial charge in [-0.15, -0.1) is 0 Å². The van der Waals surface area contributed by atoms with Crippen LogP contribution in [0, 0.1) is 6.92 Å². The Morgan fingerprint density at radius 1 is 1.41 bits per heavy atom. The van der Waals surface area contributed by atoms with E-state index in [-0.39, 0.29) is 12.1 Å². The van der Waals surface area contributed by atoms with E-state index in [0.29, 0.717) is 0 Å². The van der Waals surface area contributed by atoms with Crippen LogP contribution in [0.25, 0.3) is 0 Å². The highest BCUT2D eigenvalue weighted by Crippen LogP contribution is 2.27. The first kappa shape index (κ1) is 12.2. The summed E-state index contributed by atoms with van der Waals surface area (Å²) in [6.45, 7) is 4.08. The molecule has 2 rings (SSSR count). The molecular formula is C15H21NO. The molecule has 2 N–H and O–H groups in total. The highest BCUT2D eigenvalue weighted by atomic mass is 16.5. The topological polar surface area (TPSA) is 35.2 Å². The number of allylic oxidation sites excluding steroid dienone is 1. The van der Waals surface area contributed by atoms with Crippen molar-refractivity contribution in [2.75, 3.05) is 0 Å². The Morgan fingerprint density at radius 2 is 2.24 bits per heavy atom. The van der Waals surface area contributed by atoms with Crippen molar-refractivity contribution in [2.45, 2.75) is 45.3 Å². The standard InChI is InChI=1S/C15H21NO/c1-11-8-9-15(14(10-11)12(2)16)17-13-6-4-3-5-7-13/h4,6,8-10,12-13H,3,5,7,16H2,1-2H3/t12-,13?/m1/s1. The SMILES string of the molecule is Cc1ccc(OC2C=CCCC2)c([C@@H](C)N)c1. The van der Waals surface area contributed by atoms with Crippen LogP contribution in [-0.4, -0.2) is 6.10 Å². The quantitative estimate of drug-likeness (QED) is 0.808. The van der Waals surface area contributed by atoms with Crippen LogP contribution in [0.15, 0.2) is 30.4 Å². The Hall–Kier alpha value is -1.28. The van der Waals surface area contributed by atoms with Gasteiger partial charge in [-0.25, -0.2) is 0 Å². The van der Waals surface area contributed by atoms with Crippen molar-refractivity contribution in [3.05, 3.63) is 41.5 Å². The van der Waals surface area contributed by atoms with Crippen molar-refractivity contribution < 1.29 is 4.74 Å². The highest BCUT2D eigenvalue weighted by Gasteiger charge is 2.14. The van der Waals surface area contributed by atoms with Gasteiger partial charge in [0.05, 0.1) is 0 Å². The molecule has 0 saturated heterocycles. The van der Waals surface area contributed by atoms with Gasteiger partial charge in [0, 0.05) is 11.6 Å². The summed E-state index contributed by atoms with van der Waals surface area (Å²) in [6, 6.07) is 6.24. The van der Waals surface area contributed by atoms with Crippen molar-refractivity contribution in [1.82, 2.24) is 0 Å². The van der Waals surface area contributed by atoms with Gasteiger partial charge < -0.3 is 10.5 Å². The number of ether oxygens (including phenoxy) is 1. The molecule has 0 saturated carbocycles. The molecule has 0 heterocycles. The number of hydrogen-bond donors (Lipinski definition) is 1. The Balaban J connectivity index is 2.19. The first-order valence-corrected chi connectivity index (χ1v) is 6.36. The maximum atomic E-state index is 6.04. The van der Waals surface area contributed by atoms with E-state index in [9.17, 15) is 0 Å². The van der Waals surface area contributed by atoms with Crippen molar-refractivity contribution in [1.29, 1.82) is 0 Å². The zero-order valence-electron chi connectivity index (χ0n) is 10.6. The molecule has 0 aliphatic heterocycles. The van der Waals surface area contributed by atoms with Gasteiger partial charge in [-0.2, -0.15) is 0 Å². The van der Waals surface area contributed by atoms with Crippen molar-refractivity contribution in [2.24, 2.45) is 5.73 Å². The lowest BCUT2D eigenvalue weighted by atomic mass is 10.0. The number of hydrogen-bond acceptors (Lipinski definition) is 2. The van der Waals surface area contributed by atoms with E-state index in [1.54, 1.807) is 0 Å². The summed E-state index contributed by atoms with van der Waals surface area (Å²) in [5.74, 6) is 0.933. The summed E-state index contributed by atoms with van der Waals surface area (Å²) in [6.07, 6.45) is 8.06. The molecule has 1 aliphatic carbocycles. The van der Waals surface area contributed by atoms with Gasteiger partial charge in [0.1, 0.15) is 11.9 Å². The van der Waals surface area contributed by atoms with Gasteiger partial charge in [0.25, 0.3) is 0 Å². The minimum Gasteiger partial charge on any atom is -0.486 e. The van der Waals surface area contributed by atoms with Crippen LogP contribution in [0.1, 0.15) is 43.4 Å². The van der Waals surface area contributed by atoms with Gasteiger partial charge in [-0.05, 0) is 45.3 Å². The van der Waals surface area contributed by atoms with Gasteiger partial charge in [-0.1, -0.05) is 23.8 Å². The van der Waals surface area contributed by atoms with Crippen LogP contribution in [0.2, 0.25) is 0 Å². The third-order valence-electron chi connectivity index (χ3n) is 3.14. The third kappa shape index (κ3) is 3.10. The van der Waals surface area contributed by atoms with E-state index in [2.05, 4.69) is 31.2 Å². The van der Waals surface area contributed by atoms with Crippen LogP contribution in [0.3, 0.4) is 0 Å². The first-order chi connectivity index (χ1) is 8.16. The van der Waals surface area contributed by atoms with Crippen molar-refractivity contribution in [3.8, 4) is 5.75 Å². The minimum atomic E-state index is 0.0115. The normalized spacial score (nSPS) is 21.2. The average Bonchev–Trinajstić information content (AvgIpc) is 2.32. The lowest BCUT2D eigenvalue weighted by Crippen LogP contribution is -2.18. The summed E-state index contributed by atoms with van der Waals surface area (Å²) in [5, 5.41) is 0. The molecule has 0 aromatic heterocycles. The fraction of sp³-hybridized carbons (Fsp3) is 0.467. The summed E-state index contributed by atoms with van der Waals surface area (Å²) in [7, 11) is 0. The second kappa shape index (κ2) is 5.37. The van der Waals surface area contributed by atoms with E-state index in [4.69, 9.17) is 10.5 Å². The molecule has 1 aromatic rings. The zero-order valence-corrected chi connectivity index (χ0v) is 10.6. The minimum absolute atomic E-state index is 0.0115. The Bertz CT molecular complexity index is 409. The zero-order chi connectivity index (χ0) is 12.3. The molecule has 1 aromatic carbocycles. The molecule has 0 spiro atoms. The Kier molecular flexibility index (Phi) is 3.85. The monoisotopic (exact) mass is 231 g/mol. The Labute approximate surface area is 103 Å². The van der Waals surface area contributed by atoms with Crippen LogP contribution in [-0.2, 0) is 0 Å². The maximum Gasteiger partial charge on any atom is 0.124 e. The van der Waals surface area contributed by atoms with E-state index in [1.165, 1.54) is 18.4 Å². The molecule has 0 bridgehead atoms. The van der Waals surface area contributed by atoms with Crippen molar-refractivity contribution >= 4 is 0 Å². The summed E-state index contributed by atoms with van der Waals surface area (Å²) < 4.78 is 6.04. The molecule has 2 atom stereocenters. The molecule has 0 amide bonds. The van der Waals surface area contributed by atoms with Gasteiger partial charge in [0.15, 0.2) is 0 Å².